The SMILES string of the molecule is NC(Cc1ccco1)CC1C2CC3CC(C2)CC1C3. The van der Waals surface area contributed by atoms with E-state index in [0.29, 0.717) is 0 Å². The molecule has 0 spiro atoms. The first-order chi connectivity index (χ1) is 9.28. The van der Waals surface area contributed by atoms with Gasteiger partial charge in [-0.2, -0.15) is 0 Å². The molecule has 104 valence electrons. The first-order valence-electron chi connectivity index (χ1n) is 8.06. The monoisotopic (exact) mass is 259 g/mol. The smallest absolute Gasteiger partial charge is 0.105 e. The van der Waals surface area contributed by atoms with Gasteiger partial charge in [0.2, 0.25) is 0 Å². The van der Waals surface area contributed by atoms with Gasteiger partial charge in [-0.05, 0) is 80.2 Å². The second-order valence-corrected chi connectivity index (χ2v) is 7.37. The lowest BCUT2D eigenvalue weighted by atomic mass is 9.51. The van der Waals surface area contributed by atoms with Crippen LogP contribution in [0.1, 0.15) is 44.3 Å². The minimum atomic E-state index is 0.286. The lowest BCUT2D eigenvalue weighted by Crippen LogP contribution is -2.47. The maximum Gasteiger partial charge on any atom is 0.105 e. The standard InChI is InChI=1S/C17H25NO/c18-15(9-16-2-1-3-19-16)10-17-13-5-11-4-12(7-13)8-14(17)6-11/h1-3,11-15,17H,4-10,18H2. The van der Waals surface area contributed by atoms with Gasteiger partial charge in [0.05, 0.1) is 6.26 Å². The van der Waals surface area contributed by atoms with E-state index in [1.807, 2.05) is 6.07 Å². The van der Waals surface area contributed by atoms with E-state index in [9.17, 15) is 0 Å². The van der Waals surface area contributed by atoms with Gasteiger partial charge in [-0.25, -0.2) is 0 Å². The van der Waals surface area contributed by atoms with Crippen LogP contribution in [0, 0.1) is 29.6 Å². The summed E-state index contributed by atoms with van der Waals surface area (Å²) in [6, 6.07) is 4.30. The van der Waals surface area contributed by atoms with Crippen LogP contribution in [0.5, 0.6) is 0 Å². The lowest BCUT2D eigenvalue weighted by Gasteiger charge is -2.55. The minimum Gasteiger partial charge on any atom is -0.469 e. The molecular weight excluding hydrogens is 234 g/mol. The highest BCUT2D eigenvalue weighted by atomic mass is 16.3. The van der Waals surface area contributed by atoms with Gasteiger partial charge in [-0.15, -0.1) is 0 Å². The zero-order chi connectivity index (χ0) is 12.8. The summed E-state index contributed by atoms with van der Waals surface area (Å²) >= 11 is 0. The van der Waals surface area contributed by atoms with Crippen molar-refractivity contribution in [3.63, 3.8) is 0 Å². The van der Waals surface area contributed by atoms with Gasteiger partial charge in [-0.1, -0.05) is 0 Å². The van der Waals surface area contributed by atoms with Crippen LogP contribution in [0.4, 0.5) is 0 Å². The summed E-state index contributed by atoms with van der Waals surface area (Å²) in [5, 5.41) is 0. The molecule has 4 aliphatic rings. The normalized spacial score (nSPS) is 41.6. The molecule has 2 N–H and O–H groups in total. The molecule has 4 saturated carbocycles. The van der Waals surface area contributed by atoms with E-state index >= 15 is 0 Å². The van der Waals surface area contributed by atoms with Crippen LogP contribution in [0.15, 0.2) is 22.8 Å². The highest BCUT2D eigenvalue weighted by Crippen LogP contribution is 2.57. The third-order valence-electron chi connectivity index (χ3n) is 6.04. The van der Waals surface area contributed by atoms with E-state index in [-0.39, 0.29) is 6.04 Å². The number of hydrogen-bond donors (Lipinski definition) is 1. The molecule has 0 radical (unpaired) electrons. The predicted molar refractivity (Wildman–Crippen MR) is 75.5 cm³/mol. The summed E-state index contributed by atoms with van der Waals surface area (Å²) in [6.45, 7) is 0. The topological polar surface area (TPSA) is 39.2 Å². The molecule has 0 saturated heterocycles. The molecule has 4 bridgehead atoms. The molecule has 2 nitrogen and oxygen atoms in total. The van der Waals surface area contributed by atoms with Crippen molar-refractivity contribution >= 4 is 0 Å². The predicted octanol–water partition coefficient (Wildman–Crippen LogP) is 3.61. The summed E-state index contributed by atoms with van der Waals surface area (Å²) in [5.41, 5.74) is 6.38. The molecule has 2 heteroatoms. The molecule has 1 unspecified atom stereocenters. The number of furan rings is 1. The van der Waals surface area contributed by atoms with Gasteiger partial charge >= 0.3 is 0 Å². The molecule has 5 rings (SSSR count). The Hall–Kier alpha value is -0.760. The van der Waals surface area contributed by atoms with Crippen molar-refractivity contribution in [3.8, 4) is 0 Å². The number of rotatable bonds is 4. The molecule has 19 heavy (non-hydrogen) atoms. The largest absolute Gasteiger partial charge is 0.469 e. The van der Waals surface area contributed by atoms with Crippen LogP contribution >= 0.6 is 0 Å². The van der Waals surface area contributed by atoms with Crippen molar-refractivity contribution in [2.24, 2.45) is 35.3 Å². The highest BCUT2D eigenvalue weighted by molar-refractivity contribution is 5.02. The van der Waals surface area contributed by atoms with Gasteiger partial charge in [0.1, 0.15) is 5.76 Å². The van der Waals surface area contributed by atoms with E-state index in [4.69, 9.17) is 10.2 Å². The Balaban J connectivity index is 1.40. The molecular formula is C17H25NO. The molecule has 1 aromatic rings. The zero-order valence-electron chi connectivity index (χ0n) is 11.6. The molecule has 4 aliphatic carbocycles. The zero-order valence-corrected chi connectivity index (χ0v) is 11.6. The van der Waals surface area contributed by atoms with E-state index in [0.717, 1.165) is 41.8 Å². The Morgan fingerprint density at radius 1 is 1.11 bits per heavy atom. The Labute approximate surface area is 115 Å². The molecule has 0 amide bonds. The fraction of sp³-hybridized carbons (Fsp3) is 0.765. The first kappa shape index (κ1) is 12.0. The van der Waals surface area contributed by atoms with Crippen molar-refractivity contribution < 1.29 is 4.42 Å². The van der Waals surface area contributed by atoms with E-state index in [1.165, 1.54) is 38.5 Å². The second-order valence-electron chi connectivity index (χ2n) is 7.37. The summed E-state index contributed by atoms with van der Waals surface area (Å²) in [4.78, 5) is 0. The van der Waals surface area contributed by atoms with Gasteiger partial charge in [0.25, 0.3) is 0 Å². The van der Waals surface area contributed by atoms with Crippen LogP contribution in [-0.4, -0.2) is 6.04 Å². The van der Waals surface area contributed by atoms with Crippen molar-refractivity contribution in [2.45, 2.75) is 51.0 Å². The maximum atomic E-state index is 6.38. The Kier molecular flexibility index (Phi) is 2.95. The number of nitrogens with two attached hydrogens (primary N) is 1. The van der Waals surface area contributed by atoms with Crippen LogP contribution in [0.3, 0.4) is 0 Å². The quantitative estimate of drug-likeness (QED) is 0.897. The Bertz CT molecular complexity index is 396. The van der Waals surface area contributed by atoms with Crippen molar-refractivity contribution in [3.05, 3.63) is 24.2 Å². The van der Waals surface area contributed by atoms with Gasteiger partial charge in [0.15, 0.2) is 0 Å². The third-order valence-corrected chi connectivity index (χ3v) is 6.04. The first-order valence-corrected chi connectivity index (χ1v) is 8.06. The number of hydrogen-bond acceptors (Lipinski definition) is 2. The molecule has 1 heterocycles. The van der Waals surface area contributed by atoms with Crippen LogP contribution in [0.2, 0.25) is 0 Å². The average Bonchev–Trinajstić information content (AvgIpc) is 2.85. The summed E-state index contributed by atoms with van der Waals surface area (Å²) < 4.78 is 5.43. The molecule has 1 atom stereocenters. The molecule has 1 aromatic heterocycles. The Morgan fingerprint density at radius 3 is 2.37 bits per heavy atom. The molecule has 0 aromatic carbocycles. The van der Waals surface area contributed by atoms with Crippen molar-refractivity contribution in [1.29, 1.82) is 0 Å². The van der Waals surface area contributed by atoms with Crippen LogP contribution < -0.4 is 5.73 Å². The molecule has 4 fully saturated rings. The lowest BCUT2D eigenvalue weighted by molar-refractivity contribution is -0.0420. The van der Waals surface area contributed by atoms with Gasteiger partial charge in [-0.3, -0.25) is 0 Å². The minimum absolute atomic E-state index is 0.286. The van der Waals surface area contributed by atoms with E-state index < -0.39 is 0 Å². The highest BCUT2D eigenvalue weighted by Gasteiger charge is 2.48. The average molecular weight is 259 g/mol. The van der Waals surface area contributed by atoms with Crippen molar-refractivity contribution in [2.75, 3.05) is 0 Å². The van der Waals surface area contributed by atoms with Crippen LogP contribution in [0.25, 0.3) is 0 Å². The van der Waals surface area contributed by atoms with E-state index in [2.05, 4.69) is 6.07 Å². The van der Waals surface area contributed by atoms with Crippen molar-refractivity contribution in [1.82, 2.24) is 0 Å². The molecule has 0 aliphatic heterocycles. The summed E-state index contributed by atoms with van der Waals surface area (Å²) in [5.74, 6) is 6.10. The third kappa shape index (κ3) is 2.24. The maximum absolute atomic E-state index is 6.38. The Morgan fingerprint density at radius 2 is 1.79 bits per heavy atom. The summed E-state index contributed by atoms with van der Waals surface area (Å²) in [6.07, 6.45) is 11.4. The van der Waals surface area contributed by atoms with Gasteiger partial charge in [0, 0.05) is 12.5 Å². The second kappa shape index (κ2) is 4.66. The van der Waals surface area contributed by atoms with Crippen LogP contribution in [-0.2, 0) is 6.42 Å². The van der Waals surface area contributed by atoms with E-state index in [1.54, 1.807) is 6.26 Å². The van der Waals surface area contributed by atoms with Gasteiger partial charge < -0.3 is 10.2 Å². The fourth-order valence-electron chi connectivity index (χ4n) is 5.54. The fourth-order valence-corrected chi connectivity index (χ4v) is 5.54. The summed E-state index contributed by atoms with van der Waals surface area (Å²) in [7, 11) is 0.